The number of nitrogens with zero attached hydrogens (tertiary/aromatic N) is 3. The molecule has 4 rings (SSSR count). The Morgan fingerprint density at radius 1 is 1.12 bits per heavy atom. The fourth-order valence-corrected chi connectivity index (χ4v) is 5.36. The Morgan fingerprint density at radius 2 is 1.79 bits per heavy atom. The summed E-state index contributed by atoms with van der Waals surface area (Å²) in [6.07, 6.45) is 1.16. The molecule has 0 bridgehead atoms. The summed E-state index contributed by atoms with van der Waals surface area (Å²) in [5, 5.41) is 0.482. The molecule has 2 heterocycles. The molecule has 1 saturated heterocycles. The number of morpholine rings is 1. The van der Waals surface area contributed by atoms with Crippen molar-refractivity contribution >= 4 is 48.4 Å². The van der Waals surface area contributed by atoms with Gasteiger partial charge in [0.2, 0.25) is 0 Å². The summed E-state index contributed by atoms with van der Waals surface area (Å²) >= 11 is 1.27. The third kappa shape index (κ3) is 5.44. The van der Waals surface area contributed by atoms with Crippen LogP contribution in [-0.4, -0.2) is 82.9 Å². The average Bonchev–Trinajstić information content (AvgIpc) is 3.27. The molecule has 0 unspecified atom stereocenters. The zero-order valence-electron chi connectivity index (χ0n) is 18.9. The van der Waals surface area contributed by atoms with Crippen molar-refractivity contribution in [2.75, 3.05) is 57.7 Å². The fraction of sp³-hybridized carbons (Fsp3) is 0.348. The van der Waals surface area contributed by atoms with E-state index in [1.807, 2.05) is 0 Å². The summed E-state index contributed by atoms with van der Waals surface area (Å²) in [7, 11) is -2.06. The molecule has 0 atom stereocenters. The summed E-state index contributed by atoms with van der Waals surface area (Å²) in [5.41, 5.74) is 1.38. The van der Waals surface area contributed by atoms with Crippen LogP contribution in [0.15, 0.2) is 47.4 Å². The second-order valence-electron chi connectivity index (χ2n) is 7.88. The predicted octanol–water partition coefficient (Wildman–Crippen LogP) is 2.47. The highest BCUT2D eigenvalue weighted by Crippen LogP contribution is 2.31. The molecular weight excluding hydrogens is 478 g/mol. The highest BCUT2D eigenvalue weighted by molar-refractivity contribution is 7.90. The van der Waals surface area contributed by atoms with Crippen molar-refractivity contribution in [3.8, 4) is 0 Å². The van der Waals surface area contributed by atoms with Crippen LogP contribution < -0.4 is 4.90 Å². The van der Waals surface area contributed by atoms with Crippen LogP contribution in [0.5, 0.6) is 0 Å². The Bertz CT molecular complexity index is 1300. The van der Waals surface area contributed by atoms with E-state index in [0.29, 0.717) is 52.8 Å². The van der Waals surface area contributed by atoms with Crippen molar-refractivity contribution in [1.82, 2.24) is 9.88 Å². The van der Waals surface area contributed by atoms with Gasteiger partial charge in [0, 0.05) is 38.0 Å². The molecule has 1 aromatic heterocycles. The Labute approximate surface area is 201 Å². The fourth-order valence-electron chi connectivity index (χ4n) is 3.61. The van der Waals surface area contributed by atoms with Gasteiger partial charge < -0.3 is 9.47 Å². The maximum atomic E-state index is 13.5. The molecule has 1 amide bonds. The van der Waals surface area contributed by atoms with Crippen molar-refractivity contribution in [2.45, 2.75) is 4.90 Å². The first kappa shape index (κ1) is 24.3. The number of ether oxygens (including phenoxy) is 2. The first-order valence-electron chi connectivity index (χ1n) is 10.7. The van der Waals surface area contributed by atoms with Gasteiger partial charge in [-0.15, -0.1) is 0 Å². The number of benzene rings is 2. The third-order valence-corrected chi connectivity index (χ3v) is 7.70. The maximum Gasteiger partial charge on any atom is 0.337 e. The first-order valence-corrected chi connectivity index (χ1v) is 13.4. The number of amides is 1. The van der Waals surface area contributed by atoms with E-state index in [1.165, 1.54) is 24.5 Å². The Hall–Kier alpha value is -2.86. The lowest BCUT2D eigenvalue weighted by Gasteiger charge is -2.29. The van der Waals surface area contributed by atoms with Gasteiger partial charge in [0.15, 0.2) is 15.0 Å². The van der Waals surface area contributed by atoms with Crippen molar-refractivity contribution < 1.29 is 27.5 Å². The van der Waals surface area contributed by atoms with E-state index in [1.54, 1.807) is 41.3 Å². The van der Waals surface area contributed by atoms with Crippen LogP contribution in [0.25, 0.3) is 10.2 Å². The van der Waals surface area contributed by atoms with Crippen LogP contribution in [-0.2, 0) is 19.3 Å². The van der Waals surface area contributed by atoms with E-state index < -0.39 is 15.8 Å². The second-order valence-corrected chi connectivity index (χ2v) is 10.9. The normalized spacial score (nSPS) is 14.8. The van der Waals surface area contributed by atoms with E-state index >= 15 is 0 Å². The maximum absolute atomic E-state index is 13.5. The van der Waals surface area contributed by atoms with Crippen LogP contribution in [0.2, 0.25) is 0 Å². The third-order valence-electron chi connectivity index (χ3n) is 5.55. The van der Waals surface area contributed by atoms with Crippen LogP contribution >= 0.6 is 11.3 Å². The highest BCUT2D eigenvalue weighted by Gasteiger charge is 2.23. The van der Waals surface area contributed by atoms with E-state index in [4.69, 9.17) is 9.47 Å². The number of sulfone groups is 1. The number of carbonyl (C=O) groups excluding carboxylic acids is 2. The van der Waals surface area contributed by atoms with Crippen molar-refractivity contribution in [3.05, 3.63) is 53.6 Å². The monoisotopic (exact) mass is 503 g/mol. The SMILES string of the molecule is COC(=O)c1ccc(C(=O)N(CCN2CCOCC2)c2nc3ccc(S(C)(=O)=O)cc3s2)cc1. The average molecular weight is 504 g/mol. The largest absolute Gasteiger partial charge is 0.465 e. The molecule has 1 fully saturated rings. The van der Waals surface area contributed by atoms with Gasteiger partial charge in [0.05, 0.1) is 41.0 Å². The molecule has 2 aromatic carbocycles. The molecule has 34 heavy (non-hydrogen) atoms. The van der Waals surface area contributed by atoms with Crippen molar-refractivity contribution in [2.24, 2.45) is 0 Å². The van der Waals surface area contributed by atoms with Gasteiger partial charge in [-0.2, -0.15) is 0 Å². The Morgan fingerprint density at radius 3 is 2.44 bits per heavy atom. The number of carbonyl (C=O) groups is 2. The number of hydrogen-bond donors (Lipinski definition) is 0. The van der Waals surface area contributed by atoms with Crippen molar-refractivity contribution in [1.29, 1.82) is 0 Å². The molecule has 1 aliphatic rings. The second kappa shape index (κ2) is 10.2. The molecule has 3 aromatic rings. The van der Waals surface area contributed by atoms with E-state index in [0.717, 1.165) is 19.3 Å². The summed E-state index contributed by atoms with van der Waals surface area (Å²) in [5.74, 6) is -0.733. The van der Waals surface area contributed by atoms with Crippen LogP contribution in [0.4, 0.5) is 5.13 Å². The molecule has 0 saturated carbocycles. The molecule has 0 aliphatic carbocycles. The smallest absolute Gasteiger partial charge is 0.337 e. The number of rotatable bonds is 7. The number of hydrogen-bond acceptors (Lipinski definition) is 9. The minimum atomic E-state index is -3.36. The van der Waals surface area contributed by atoms with Gasteiger partial charge in [0.25, 0.3) is 5.91 Å². The molecule has 1 aliphatic heterocycles. The quantitative estimate of drug-likeness (QED) is 0.453. The summed E-state index contributed by atoms with van der Waals surface area (Å²) < 4.78 is 34.7. The van der Waals surface area contributed by atoms with E-state index in [-0.39, 0.29) is 10.8 Å². The Balaban J connectivity index is 1.65. The zero-order valence-corrected chi connectivity index (χ0v) is 20.5. The summed E-state index contributed by atoms with van der Waals surface area (Å²) in [6, 6.07) is 11.0. The number of thiazole rings is 1. The van der Waals surface area contributed by atoms with Gasteiger partial charge in [-0.05, 0) is 42.5 Å². The Kier molecular flexibility index (Phi) is 7.27. The first-order chi connectivity index (χ1) is 16.3. The topological polar surface area (TPSA) is 106 Å². The molecule has 11 heteroatoms. The number of methoxy groups -OCH3 is 1. The minimum Gasteiger partial charge on any atom is -0.465 e. The van der Waals surface area contributed by atoms with E-state index in [9.17, 15) is 18.0 Å². The van der Waals surface area contributed by atoms with Crippen LogP contribution in [0.3, 0.4) is 0 Å². The zero-order chi connectivity index (χ0) is 24.3. The van der Waals surface area contributed by atoms with Crippen LogP contribution in [0.1, 0.15) is 20.7 Å². The molecule has 180 valence electrons. The standard InChI is InChI=1S/C23H25N3O6S2/c1-31-22(28)17-5-3-16(4-6-17)21(27)26(10-9-25-11-13-32-14-12-25)23-24-19-8-7-18(34(2,29)30)15-20(19)33-23/h3-8,15H,9-14H2,1-2H3. The number of fused-ring (bicyclic) bond motifs is 1. The molecule has 0 N–H and O–H groups in total. The van der Waals surface area contributed by atoms with Gasteiger partial charge in [-0.3, -0.25) is 14.6 Å². The lowest BCUT2D eigenvalue weighted by molar-refractivity contribution is 0.0391. The summed E-state index contributed by atoms with van der Waals surface area (Å²) in [6.45, 7) is 3.91. The molecule has 0 radical (unpaired) electrons. The lowest BCUT2D eigenvalue weighted by Crippen LogP contribution is -2.43. The lowest BCUT2D eigenvalue weighted by atomic mass is 10.1. The van der Waals surface area contributed by atoms with Gasteiger partial charge in [-0.1, -0.05) is 11.3 Å². The summed E-state index contributed by atoms with van der Waals surface area (Å²) in [4.78, 5) is 33.9. The number of esters is 1. The molecular formula is C23H25N3O6S2. The minimum absolute atomic E-state index is 0.208. The van der Waals surface area contributed by atoms with E-state index in [2.05, 4.69) is 9.88 Å². The van der Waals surface area contributed by atoms with Crippen molar-refractivity contribution in [3.63, 3.8) is 0 Å². The highest BCUT2D eigenvalue weighted by atomic mass is 32.2. The predicted molar refractivity (Wildman–Crippen MR) is 129 cm³/mol. The van der Waals surface area contributed by atoms with Gasteiger partial charge >= 0.3 is 5.97 Å². The van der Waals surface area contributed by atoms with Gasteiger partial charge in [0.1, 0.15) is 0 Å². The molecule has 0 spiro atoms. The molecule has 9 nitrogen and oxygen atoms in total. The van der Waals surface area contributed by atoms with Crippen LogP contribution in [0, 0.1) is 0 Å². The number of aromatic nitrogens is 1. The number of anilines is 1. The van der Waals surface area contributed by atoms with Gasteiger partial charge in [-0.25, -0.2) is 18.2 Å².